The zero-order valence-electron chi connectivity index (χ0n) is 33.7. The van der Waals surface area contributed by atoms with Gasteiger partial charge in [0.05, 0.1) is 22.5 Å². The highest BCUT2D eigenvalue weighted by Gasteiger charge is 2.28. The van der Waals surface area contributed by atoms with Crippen LogP contribution in [-0.4, -0.2) is 27.8 Å². The number of para-hydroxylation sites is 2. The highest BCUT2D eigenvalue weighted by molar-refractivity contribution is 6.22. The van der Waals surface area contributed by atoms with Crippen LogP contribution < -0.4 is 10.6 Å². The van der Waals surface area contributed by atoms with Crippen LogP contribution in [0.4, 0.5) is 34.1 Å². The Labute approximate surface area is 356 Å². The number of aromatic hydroxyl groups is 2. The molecule has 0 unspecified atom stereocenters. The van der Waals surface area contributed by atoms with Crippen LogP contribution in [0, 0.1) is 0 Å². The summed E-state index contributed by atoms with van der Waals surface area (Å²) in [5.74, 6) is -1.86. The molecule has 0 fully saturated rings. The maximum absolute atomic E-state index is 13.9. The van der Waals surface area contributed by atoms with E-state index in [1.165, 1.54) is 0 Å². The maximum Gasteiger partial charge on any atom is 0.259 e. The second-order valence-electron chi connectivity index (χ2n) is 14.8. The quantitative estimate of drug-likeness (QED) is 0.101. The van der Waals surface area contributed by atoms with Gasteiger partial charge in [0.2, 0.25) is 0 Å². The van der Waals surface area contributed by atoms with Crippen molar-refractivity contribution in [2.75, 3.05) is 10.6 Å². The van der Waals surface area contributed by atoms with Gasteiger partial charge in [-0.15, -0.1) is 10.2 Å². The summed E-state index contributed by atoms with van der Waals surface area (Å²) >= 11 is 0. The maximum atomic E-state index is 13.9. The van der Waals surface area contributed by atoms with E-state index in [2.05, 4.69) is 31.1 Å². The molecule has 302 valence electrons. The molecular formula is C51H38N6O5. The van der Waals surface area contributed by atoms with Gasteiger partial charge in [-0.05, 0) is 94.4 Å². The van der Waals surface area contributed by atoms with Crippen LogP contribution in [0.5, 0.6) is 11.5 Å². The molecule has 1 aliphatic carbocycles. The molecule has 11 heteroatoms. The first-order valence-electron chi connectivity index (χ1n) is 20.2. The minimum atomic E-state index is -0.485. The van der Waals surface area contributed by atoms with Gasteiger partial charge in [0.1, 0.15) is 11.4 Å². The number of nitrogens with one attached hydrogen (secondary N) is 2. The van der Waals surface area contributed by atoms with E-state index < -0.39 is 11.8 Å². The molecule has 0 aliphatic heterocycles. The van der Waals surface area contributed by atoms with Crippen LogP contribution in [0.1, 0.15) is 61.6 Å². The van der Waals surface area contributed by atoms with E-state index in [1.807, 2.05) is 98.8 Å². The highest BCUT2D eigenvalue weighted by atomic mass is 16.3. The van der Waals surface area contributed by atoms with Crippen molar-refractivity contribution in [1.29, 1.82) is 0 Å². The van der Waals surface area contributed by atoms with Gasteiger partial charge < -0.3 is 20.8 Å². The lowest BCUT2D eigenvalue weighted by Gasteiger charge is -2.13. The number of phenols is 2. The summed E-state index contributed by atoms with van der Waals surface area (Å²) in [4.78, 5) is 41.0. The molecule has 8 aromatic rings. The van der Waals surface area contributed by atoms with Gasteiger partial charge in [-0.2, -0.15) is 10.2 Å². The molecule has 11 nitrogen and oxygen atoms in total. The number of carbonyl (C=O) groups excluding carboxylic acids is 3. The Hall–Kier alpha value is -8.31. The number of nitrogens with zero attached hydrogens (tertiary/aromatic N) is 4. The molecule has 1 aliphatic rings. The topological polar surface area (TPSA) is 165 Å². The molecule has 0 radical (unpaired) electrons. The number of phenolic OH excluding ortho intramolecular Hbond substituents is 2. The molecule has 0 bridgehead atoms. The van der Waals surface area contributed by atoms with Crippen molar-refractivity contribution >= 4 is 73.3 Å². The Kier molecular flexibility index (Phi) is 10.4. The van der Waals surface area contributed by atoms with Gasteiger partial charge >= 0.3 is 0 Å². The second-order valence-corrected chi connectivity index (χ2v) is 14.8. The molecule has 0 spiro atoms. The number of amides is 2. The molecule has 9 rings (SSSR count). The van der Waals surface area contributed by atoms with Crippen LogP contribution in [0.3, 0.4) is 0 Å². The molecule has 0 aromatic heterocycles. The van der Waals surface area contributed by atoms with E-state index in [0.29, 0.717) is 66.5 Å². The molecule has 2 amide bonds. The summed E-state index contributed by atoms with van der Waals surface area (Å²) in [6, 6.07) is 43.1. The fourth-order valence-corrected chi connectivity index (χ4v) is 7.86. The summed E-state index contributed by atoms with van der Waals surface area (Å²) in [5.41, 5.74) is 6.53. The largest absolute Gasteiger partial charge is 0.505 e. The molecule has 8 aromatic carbocycles. The first kappa shape index (κ1) is 39.2. The van der Waals surface area contributed by atoms with Crippen LogP contribution in [-0.2, 0) is 12.8 Å². The number of benzene rings is 8. The second kappa shape index (κ2) is 16.4. The fraction of sp³-hybridized carbons (Fsp3) is 0.0784. The lowest BCUT2D eigenvalue weighted by Crippen LogP contribution is -2.13. The molecule has 0 saturated heterocycles. The molecular weight excluding hydrogens is 777 g/mol. The number of hydrogen-bond donors (Lipinski definition) is 4. The molecule has 0 saturated carbocycles. The average molecular weight is 815 g/mol. The third kappa shape index (κ3) is 7.21. The molecule has 0 heterocycles. The van der Waals surface area contributed by atoms with Crippen LogP contribution >= 0.6 is 0 Å². The zero-order chi connectivity index (χ0) is 42.9. The van der Waals surface area contributed by atoms with E-state index in [0.717, 1.165) is 24.0 Å². The Morgan fingerprint density at radius 3 is 1.32 bits per heavy atom. The van der Waals surface area contributed by atoms with Gasteiger partial charge in [-0.25, -0.2) is 0 Å². The zero-order valence-corrected chi connectivity index (χ0v) is 33.7. The van der Waals surface area contributed by atoms with Gasteiger partial charge in [0, 0.05) is 33.3 Å². The van der Waals surface area contributed by atoms with E-state index in [9.17, 15) is 24.6 Å². The van der Waals surface area contributed by atoms with Crippen molar-refractivity contribution in [3.63, 3.8) is 0 Å². The predicted molar refractivity (Wildman–Crippen MR) is 242 cm³/mol. The minimum absolute atomic E-state index is 0.0475. The SMILES string of the molecule is CCc1ccccc1NC(=O)c1cc2ccccc2c(N=Nc2ccc3c(c2)C(=O)c2cc(N=Nc4c(O)c(C(=O)Nc5ccccc5CC)cc5ccccc45)ccc2-3)c1O. The number of rotatable bonds is 10. The van der Waals surface area contributed by atoms with E-state index in [1.54, 1.807) is 60.7 Å². The van der Waals surface area contributed by atoms with E-state index in [4.69, 9.17) is 0 Å². The Balaban J connectivity index is 0.992. The summed E-state index contributed by atoms with van der Waals surface area (Å²) in [7, 11) is 0. The number of hydrogen-bond acceptors (Lipinski definition) is 9. The van der Waals surface area contributed by atoms with Gasteiger partial charge in [0.15, 0.2) is 17.3 Å². The number of anilines is 2. The lowest BCUT2D eigenvalue weighted by molar-refractivity contribution is 0.101. The Morgan fingerprint density at radius 2 is 0.887 bits per heavy atom. The molecule has 4 N–H and O–H groups in total. The predicted octanol–water partition coefficient (Wildman–Crippen LogP) is 13.1. The van der Waals surface area contributed by atoms with E-state index >= 15 is 0 Å². The lowest BCUT2D eigenvalue weighted by atomic mass is 10.0. The minimum Gasteiger partial charge on any atom is -0.505 e. The van der Waals surface area contributed by atoms with Crippen molar-refractivity contribution in [3.8, 4) is 22.6 Å². The molecule has 0 atom stereocenters. The number of carbonyl (C=O) groups is 3. The van der Waals surface area contributed by atoms with Crippen LogP contribution in [0.15, 0.2) is 166 Å². The number of ketones is 1. The summed E-state index contributed by atoms with van der Waals surface area (Å²) in [6.07, 6.45) is 1.44. The van der Waals surface area contributed by atoms with Crippen LogP contribution in [0.2, 0.25) is 0 Å². The average Bonchev–Trinajstić information content (AvgIpc) is 3.57. The van der Waals surface area contributed by atoms with Crippen molar-refractivity contribution in [3.05, 3.63) is 179 Å². The van der Waals surface area contributed by atoms with E-state index in [-0.39, 0.29) is 39.8 Å². The van der Waals surface area contributed by atoms with Crippen molar-refractivity contribution < 1.29 is 24.6 Å². The number of aryl methyl sites for hydroxylation is 2. The third-order valence-corrected chi connectivity index (χ3v) is 11.1. The van der Waals surface area contributed by atoms with Crippen molar-refractivity contribution in [2.24, 2.45) is 20.5 Å². The normalized spacial score (nSPS) is 12.0. The summed E-state index contributed by atoms with van der Waals surface area (Å²) < 4.78 is 0. The first-order valence-corrected chi connectivity index (χ1v) is 20.2. The van der Waals surface area contributed by atoms with Gasteiger partial charge in [0.25, 0.3) is 11.8 Å². The number of azo groups is 2. The number of fused-ring (bicyclic) bond motifs is 5. The van der Waals surface area contributed by atoms with Gasteiger partial charge in [-0.3, -0.25) is 14.4 Å². The van der Waals surface area contributed by atoms with Gasteiger partial charge in [-0.1, -0.05) is 111 Å². The highest BCUT2D eigenvalue weighted by Crippen LogP contribution is 2.44. The molecule has 62 heavy (non-hydrogen) atoms. The Morgan fingerprint density at radius 1 is 0.484 bits per heavy atom. The summed E-state index contributed by atoms with van der Waals surface area (Å²) in [5, 5.41) is 49.1. The third-order valence-electron chi connectivity index (χ3n) is 11.1. The monoisotopic (exact) mass is 814 g/mol. The van der Waals surface area contributed by atoms with Crippen molar-refractivity contribution in [2.45, 2.75) is 26.7 Å². The van der Waals surface area contributed by atoms with Crippen LogP contribution in [0.25, 0.3) is 32.7 Å². The van der Waals surface area contributed by atoms with Crippen molar-refractivity contribution in [1.82, 2.24) is 0 Å². The summed E-state index contributed by atoms with van der Waals surface area (Å²) in [6.45, 7) is 4.00. The Bertz CT molecular complexity index is 3000. The first-order chi connectivity index (χ1) is 30.2. The standard InChI is InChI=1S/C51H38N6O5/c1-3-29-13-7-11-19-43(29)52-50(61)41-25-31-15-5-9-17-35(31)45(48(41)59)56-54-33-21-23-37-38-24-22-34(28-40(38)47(58)39(37)27-33)55-57-46-36-18-10-6-16-32(36)26-42(49(46)60)51(62)53-44-20-12-8-14-30(44)4-2/h5-28,59-60H,3-4H2,1-2H3,(H,52,61)(H,53,62). The fourth-order valence-electron chi connectivity index (χ4n) is 7.86. The smallest absolute Gasteiger partial charge is 0.259 e.